The van der Waals surface area contributed by atoms with Gasteiger partial charge in [-0.3, -0.25) is 14.3 Å². The SMILES string of the molecule is [C-]#[N+]c1ccccc1Cn1ncc2ncc(-c3cnn(C)c3)cc21. The predicted octanol–water partition coefficient (Wildman–Crippen LogP) is 3.43. The number of para-hydroxylation sites is 1. The number of hydrogen-bond acceptors (Lipinski definition) is 3. The topological polar surface area (TPSA) is 52.9 Å². The third kappa shape index (κ3) is 2.42. The van der Waals surface area contributed by atoms with Crippen molar-refractivity contribution in [2.75, 3.05) is 0 Å². The molecule has 116 valence electrons. The van der Waals surface area contributed by atoms with Crippen LogP contribution in [0.1, 0.15) is 5.56 Å². The zero-order valence-corrected chi connectivity index (χ0v) is 13.1. The number of pyridine rings is 1. The van der Waals surface area contributed by atoms with Gasteiger partial charge in [-0.1, -0.05) is 24.3 Å². The molecule has 3 aromatic heterocycles. The van der Waals surface area contributed by atoms with Gasteiger partial charge in [-0.15, -0.1) is 0 Å². The Kier molecular flexibility index (Phi) is 3.32. The minimum absolute atomic E-state index is 0.542. The van der Waals surface area contributed by atoms with Gasteiger partial charge in [0.1, 0.15) is 5.52 Å². The van der Waals surface area contributed by atoms with Crippen molar-refractivity contribution in [3.63, 3.8) is 0 Å². The van der Waals surface area contributed by atoms with Crippen LogP contribution in [0.2, 0.25) is 0 Å². The Hall–Kier alpha value is -3.46. The fourth-order valence-corrected chi connectivity index (χ4v) is 2.73. The summed E-state index contributed by atoms with van der Waals surface area (Å²) in [6.07, 6.45) is 7.36. The summed E-state index contributed by atoms with van der Waals surface area (Å²) in [5, 5.41) is 8.64. The zero-order valence-electron chi connectivity index (χ0n) is 13.1. The Morgan fingerprint density at radius 3 is 2.75 bits per heavy atom. The smallest absolute Gasteiger partial charge is 0.192 e. The molecule has 0 aliphatic heterocycles. The van der Waals surface area contributed by atoms with E-state index in [9.17, 15) is 0 Å². The molecule has 0 aliphatic carbocycles. The third-order valence-corrected chi connectivity index (χ3v) is 3.97. The highest BCUT2D eigenvalue weighted by atomic mass is 15.3. The molecule has 0 saturated heterocycles. The Morgan fingerprint density at radius 2 is 1.96 bits per heavy atom. The molecule has 6 nitrogen and oxygen atoms in total. The zero-order chi connectivity index (χ0) is 16.5. The number of hydrogen-bond donors (Lipinski definition) is 0. The van der Waals surface area contributed by atoms with Gasteiger partial charge in [0, 0.05) is 30.6 Å². The summed E-state index contributed by atoms with van der Waals surface area (Å²) < 4.78 is 3.65. The second-order valence-electron chi connectivity index (χ2n) is 5.57. The number of aryl methyl sites for hydroxylation is 1. The molecule has 1 aromatic carbocycles. The first-order valence-electron chi connectivity index (χ1n) is 7.50. The first-order valence-corrected chi connectivity index (χ1v) is 7.50. The van der Waals surface area contributed by atoms with Crippen LogP contribution in [-0.4, -0.2) is 24.5 Å². The maximum atomic E-state index is 7.30. The van der Waals surface area contributed by atoms with Crippen LogP contribution >= 0.6 is 0 Å². The van der Waals surface area contributed by atoms with Crippen LogP contribution in [0.3, 0.4) is 0 Å². The minimum Gasteiger partial charge on any atom is -0.275 e. The van der Waals surface area contributed by atoms with Gasteiger partial charge < -0.3 is 0 Å². The third-order valence-electron chi connectivity index (χ3n) is 3.97. The lowest BCUT2D eigenvalue weighted by molar-refractivity contribution is 0.714. The number of nitrogens with zero attached hydrogens (tertiary/aromatic N) is 6. The van der Waals surface area contributed by atoms with Crippen LogP contribution in [-0.2, 0) is 13.6 Å². The van der Waals surface area contributed by atoms with E-state index in [2.05, 4.69) is 26.1 Å². The summed E-state index contributed by atoms with van der Waals surface area (Å²) in [7, 11) is 1.89. The maximum absolute atomic E-state index is 7.30. The van der Waals surface area contributed by atoms with Crippen LogP contribution in [0.5, 0.6) is 0 Å². The van der Waals surface area contributed by atoms with Gasteiger partial charge >= 0.3 is 0 Å². The van der Waals surface area contributed by atoms with E-state index in [1.807, 2.05) is 54.6 Å². The molecular formula is C18H14N6. The molecule has 0 spiro atoms. The number of aromatic nitrogens is 5. The average Bonchev–Trinajstić information content (AvgIpc) is 3.21. The monoisotopic (exact) mass is 314 g/mol. The van der Waals surface area contributed by atoms with Gasteiger partial charge in [-0.05, 0) is 11.6 Å². The summed E-state index contributed by atoms with van der Waals surface area (Å²) in [6.45, 7) is 7.84. The molecule has 0 radical (unpaired) electrons. The Morgan fingerprint density at radius 1 is 1.08 bits per heavy atom. The van der Waals surface area contributed by atoms with E-state index in [0.717, 1.165) is 27.7 Å². The summed E-state index contributed by atoms with van der Waals surface area (Å²) in [4.78, 5) is 8.07. The fraction of sp³-hybridized carbons (Fsp3) is 0.111. The van der Waals surface area contributed by atoms with E-state index < -0.39 is 0 Å². The van der Waals surface area contributed by atoms with Crippen molar-refractivity contribution in [2.24, 2.45) is 7.05 Å². The molecular weight excluding hydrogens is 300 g/mol. The molecule has 0 atom stereocenters. The first-order chi connectivity index (χ1) is 11.7. The molecule has 0 saturated carbocycles. The molecule has 0 fully saturated rings. The van der Waals surface area contributed by atoms with E-state index in [-0.39, 0.29) is 0 Å². The molecule has 0 bridgehead atoms. The van der Waals surface area contributed by atoms with Gasteiger partial charge in [0.05, 0.1) is 31.0 Å². The molecule has 4 aromatic rings. The standard InChI is InChI=1S/C18H14N6/c1-19-16-6-4-3-5-13(16)12-24-18-7-14(8-20-17(18)10-22-24)15-9-21-23(2)11-15/h3-11H,12H2,2H3. The normalized spacial score (nSPS) is 10.8. The summed E-state index contributed by atoms with van der Waals surface area (Å²) in [6, 6.07) is 9.66. The van der Waals surface area contributed by atoms with Gasteiger partial charge in [0.25, 0.3) is 0 Å². The maximum Gasteiger partial charge on any atom is 0.192 e. The van der Waals surface area contributed by atoms with Crippen LogP contribution in [0.15, 0.2) is 55.1 Å². The summed E-state index contributed by atoms with van der Waals surface area (Å²) in [5.41, 5.74) is 5.39. The summed E-state index contributed by atoms with van der Waals surface area (Å²) in [5.74, 6) is 0. The van der Waals surface area contributed by atoms with Crippen molar-refractivity contribution in [1.29, 1.82) is 0 Å². The Bertz CT molecular complexity index is 1070. The van der Waals surface area contributed by atoms with E-state index >= 15 is 0 Å². The lowest BCUT2D eigenvalue weighted by Crippen LogP contribution is -2.01. The van der Waals surface area contributed by atoms with Crippen LogP contribution < -0.4 is 0 Å². The highest BCUT2D eigenvalue weighted by Crippen LogP contribution is 2.24. The second kappa shape index (κ2) is 5.63. The number of fused-ring (bicyclic) bond motifs is 1. The molecule has 3 heterocycles. The van der Waals surface area contributed by atoms with Gasteiger partial charge in [0.15, 0.2) is 5.69 Å². The molecule has 4 rings (SSSR count). The lowest BCUT2D eigenvalue weighted by atomic mass is 10.1. The van der Waals surface area contributed by atoms with Gasteiger partial charge in [-0.2, -0.15) is 10.2 Å². The van der Waals surface area contributed by atoms with E-state index in [1.54, 1.807) is 10.9 Å². The average molecular weight is 314 g/mol. The first kappa shape index (κ1) is 14.2. The summed E-state index contributed by atoms with van der Waals surface area (Å²) >= 11 is 0. The quantitative estimate of drug-likeness (QED) is 0.544. The lowest BCUT2D eigenvalue weighted by Gasteiger charge is -2.06. The van der Waals surface area contributed by atoms with Crippen molar-refractivity contribution < 1.29 is 0 Å². The molecule has 6 heteroatoms. The fourth-order valence-electron chi connectivity index (χ4n) is 2.73. The predicted molar refractivity (Wildman–Crippen MR) is 91.5 cm³/mol. The molecule has 0 unspecified atom stereocenters. The van der Waals surface area contributed by atoms with Crippen molar-refractivity contribution in [3.8, 4) is 11.1 Å². The largest absolute Gasteiger partial charge is 0.275 e. The molecule has 0 aliphatic rings. The van der Waals surface area contributed by atoms with Crippen LogP contribution in [0.4, 0.5) is 5.69 Å². The number of rotatable bonds is 3. The van der Waals surface area contributed by atoms with Crippen molar-refractivity contribution in [2.45, 2.75) is 6.54 Å². The van der Waals surface area contributed by atoms with E-state index in [1.165, 1.54) is 0 Å². The number of benzene rings is 1. The van der Waals surface area contributed by atoms with Gasteiger partial charge in [-0.25, -0.2) is 4.85 Å². The Balaban J connectivity index is 1.78. The van der Waals surface area contributed by atoms with Crippen LogP contribution in [0, 0.1) is 6.57 Å². The van der Waals surface area contributed by atoms with E-state index in [4.69, 9.17) is 6.57 Å². The molecule has 0 amide bonds. The highest BCUT2D eigenvalue weighted by molar-refractivity contribution is 5.80. The van der Waals surface area contributed by atoms with Crippen LogP contribution in [0.25, 0.3) is 27.0 Å². The van der Waals surface area contributed by atoms with Crippen molar-refractivity contribution in [3.05, 3.63) is 72.1 Å². The Labute approximate surface area is 138 Å². The molecule has 24 heavy (non-hydrogen) atoms. The highest BCUT2D eigenvalue weighted by Gasteiger charge is 2.10. The van der Waals surface area contributed by atoms with Crippen molar-refractivity contribution >= 4 is 16.7 Å². The van der Waals surface area contributed by atoms with Crippen molar-refractivity contribution in [1.82, 2.24) is 24.5 Å². The molecule has 0 N–H and O–H groups in total. The van der Waals surface area contributed by atoms with Gasteiger partial charge in [0.2, 0.25) is 0 Å². The van der Waals surface area contributed by atoms with E-state index in [0.29, 0.717) is 12.2 Å². The second-order valence-corrected chi connectivity index (χ2v) is 5.57. The minimum atomic E-state index is 0.542.